The fourth-order valence-corrected chi connectivity index (χ4v) is 1.65. The molecule has 1 N–H and O–H groups in total. The van der Waals surface area contributed by atoms with Crippen molar-refractivity contribution in [3.8, 4) is 0 Å². The molecule has 2 heteroatoms. The molecule has 72 valence electrons. The zero-order valence-electron chi connectivity index (χ0n) is 8.18. The van der Waals surface area contributed by atoms with Gasteiger partial charge in [0.25, 0.3) is 0 Å². The number of hydrogen-bond donors (Lipinski definition) is 1. The Bertz CT molecular complexity index is 126. The lowest BCUT2D eigenvalue weighted by Crippen LogP contribution is -2.28. The molecule has 0 bridgehead atoms. The molecule has 0 aromatic carbocycles. The topological polar surface area (TPSA) is 29.5 Å². The maximum atomic E-state index is 9.07. The van der Waals surface area contributed by atoms with Gasteiger partial charge in [-0.25, -0.2) is 0 Å². The first-order valence-corrected chi connectivity index (χ1v) is 4.86. The molecular weight excluding hydrogens is 152 g/mol. The van der Waals surface area contributed by atoms with Crippen LogP contribution >= 0.6 is 0 Å². The summed E-state index contributed by atoms with van der Waals surface area (Å²) in [6.07, 6.45) is 5.04. The molecule has 0 unspecified atom stereocenters. The van der Waals surface area contributed by atoms with E-state index in [2.05, 4.69) is 13.8 Å². The van der Waals surface area contributed by atoms with Gasteiger partial charge in [-0.3, -0.25) is 0 Å². The SMILES string of the molecule is CC(C)(CO)C[C@@H]1CCCCO1. The summed E-state index contributed by atoms with van der Waals surface area (Å²) in [6, 6.07) is 0. The van der Waals surface area contributed by atoms with Gasteiger partial charge in [-0.05, 0) is 31.1 Å². The Morgan fingerprint density at radius 2 is 2.17 bits per heavy atom. The standard InChI is InChI=1S/C10H20O2/c1-10(2,8-11)7-9-5-3-4-6-12-9/h9,11H,3-8H2,1-2H3/t9-/m0/s1. The van der Waals surface area contributed by atoms with Crippen LogP contribution in [0.3, 0.4) is 0 Å². The van der Waals surface area contributed by atoms with E-state index in [9.17, 15) is 0 Å². The van der Waals surface area contributed by atoms with Crippen LogP contribution in [0.4, 0.5) is 0 Å². The Balaban J connectivity index is 2.28. The summed E-state index contributed by atoms with van der Waals surface area (Å²) in [5, 5.41) is 9.07. The van der Waals surface area contributed by atoms with Crippen LogP contribution in [0, 0.1) is 5.41 Å². The molecule has 0 aromatic heterocycles. The first kappa shape index (κ1) is 10.0. The lowest BCUT2D eigenvalue weighted by molar-refractivity contribution is -0.0195. The molecule has 0 aromatic rings. The summed E-state index contributed by atoms with van der Waals surface area (Å²) in [5.41, 5.74) is 0.0298. The predicted molar refractivity (Wildman–Crippen MR) is 49.1 cm³/mol. The Kier molecular flexibility index (Phi) is 3.53. The third kappa shape index (κ3) is 3.11. The third-order valence-corrected chi connectivity index (χ3v) is 2.48. The van der Waals surface area contributed by atoms with Crippen molar-refractivity contribution in [2.24, 2.45) is 5.41 Å². The van der Waals surface area contributed by atoms with Gasteiger partial charge in [0.15, 0.2) is 0 Å². The van der Waals surface area contributed by atoms with E-state index >= 15 is 0 Å². The van der Waals surface area contributed by atoms with E-state index in [4.69, 9.17) is 9.84 Å². The van der Waals surface area contributed by atoms with E-state index in [1.807, 2.05) is 0 Å². The minimum Gasteiger partial charge on any atom is -0.396 e. The number of aliphatic hydroxyl groups is 1. The number of rotatable bonds is 3. The van der Waals surface area contributed by atoms with Crippen molar-refractivity contribution in [2.45, 2.75) is 45.6 Å². The van der Waals surface area contributed by atoms with Gasteiger partial charge in [0.2, 0.25) is 0 Å². The van der Waals surface area contributed by atoms with Gasteiger partial charge in [-0.2, -0.15) is 0 Å². The quantitative estimate of drug-likeness (QED) is 0.705. The summed E-state index contributed by atoms with van der Waals surface area (Å²) in [5.74, 6) is 0. The average Bonchev–Trinajstić information content (AvgIpc) is 2.06. The maximum absolute atomic E-state index is 9.07. The van der Waals surface area contributed by atoms with E-state index in [1.165, 1.54) is 19.3 Å². The highest BCUT2D eigenvalue weighted by atomic mass is 16.5. The zero-order chi connectivity index (χ0) is 9.03. The lowest BCUT2D eigenvalue weighted by Gasteiger charge is -2.30. The van der Waals surface area contributed by atoms with Crippen LogP contribution in [-0.4, -0.2) is 24.4 Å². The maximum Gasteiger partial charge on any atom is 0.0581 e. The first-order chi connectivity index (χ1) is 5.64. The van der Waals surface area contributed by atoms with Crippen molar-refractivity contribution in [1.29, 1.82) is 0 Å². The first-order valence-electron chi connectivity index (χ1n) is 4.86. The van der Waals surface area contributed by atoms with Crippen LogP contribution in [0.25, 0.3) is 0 Å². The molecule has 1 atom stereocenters. The summed E-state index contributed by atoms with van der Waals surface area (Å²) in [6.45, 7) is 5.34. The smallest absolute Gasteiger partial charge is 0.0581 e. The van der Waals surface area contributed by atoms with Crippen molar-refractivity contribution >= 4 is 0 Å². The molecule has 1 saturated heterocycles. The molecular formula is C10H20O2. The Labute approximate surface area is 74.9 Å². The second kappa shape index (κ2) is 4.24. The van der Waals surface area contributed by atoms with Crippen LogP contribution in [0.2, 0.25) is 0 Å². The molecule has 1 aliphatic heterocycles. The van der Waals surface area contributed by atoms with Crippen LogP contribution in [-0.2, 0) is 4.74 Å². The number of aliphatic hydroxyl groups excluding tert-OH is 1. The summed E-state index contributed by atoms with van der Waals surface area (Å²) in [4.78, 5) is 0. The van der Waals surface area contributed by atoms with Gasteiger partial charge in [0.1, 0.15) is 0 Å². The number of hydrogen-bond acceptors (Lipinski definition) is 2. The van der Waals surface area contributed by atoms with E-state index in [0.29, 0.717) is 6.10 Å². The van der Waals surface area contributed by atoms with Crippen molar-refractivity contribution in [3.05, 3.63) is 0 Å². The van der Waals surface area contributed by atoms with Crippen molar-refractivity contribution in [2.75, 3.05) is 13.2 Å². The molecule has 0 amide bonds. The molecule has 1 rings (SSSR count). The highest BCUT2D eigenvalue weighted by molar-refractivity contribution is 4.74. The molecule has 2 nitrogen and oxygen atoms in total. The van der Waals surface area contributed by atoms with Gasteiger partial charge in [0.05, 0.1) is 6.10 Å². The summed E-state index contributed by atoms with van der Waals surface area (Å²) in [7, 11) is 0. The van der Waals surface area contributed by atoms with Gasteiger partial charge in [-0.15, -0.1) is 0 Å². The molecule has 0 radical (unpaired) electrons. The second-order valence-electron chi connectivity index (χ2n) is 4.52. The zero-order valence-corrected chi connectivity index (χ0v) is 8.18. The van der Waals surface area contributed by atoms with Crippen molar-refractivity contribution in [3.63, 3.8) is 0 Å². The number of ether oxygens (including phenoxy) is 1. The van der Waals surface area contributed by atoms with E-state index in [0.717, 1.165) is 13.0 Å². The minimum atomic E-state index is 0.0298. The summed E-state index contributed by atoms with van der Waals surface area (Å²) >= 11 is 0. The predicted octanol–water partition coefficient (Wildman–Crippen LogP) is 1.96. The fraction of sp³-hybridized carbons (Fsp3) is 1.00. The Morgan fingerprint density at radius 3 is 2.67 bits per heavy atom. The largest absolute Gasteiger partial charge is 0.396 e. The third-order valence-electron chi connectivity index (χ3n) is 2.48. The molecule has 0 aliphatic carbocycles. The Hall–Kier alpha value is -0.0800. The van der Waals surface area contributed by atoms with Crippen molar-refractivity contribution in [1.82, 2.24) is 0 Å². The molecule has 1 heterocycles. The van der Waals surface area contributed by atoms with Gasteiger partial charge in [0, 0.05) is 13.2 Å². The molecule has 0 spiro atoms. The van der Waals surface area contributed by atoms with Gasteiger partial charge < -0.3 is 9.84 Å². The highest BCUT2D eigenvalue weighted by Crippen LogP contribution is 2.27. The van der Waals surface area contributed by atoms with E-state index in [-0.39, 0.29) is 12.0 Å². The van der Waals surface area contributed by atoms with Crippen LogP contribution in [0.5, 0.6) is 0 Å². The highest BCUT2D eigenvalue weighted by Gasteiger charge is 2.24. The van der Waals surface area contributed by atoms with Crippen LogP contribution < -0.4 is 0 Å². The molecule has 1 aliphatic rings. The second-order valence-corrected chi connectivity index (χ2v) is 4.52. The van der Waals surface area contributed by atoms with E-state index in [1.54, 1.807) is 0 Å². The minimum absolute atomic E-state index is 0.0298. The fourth-order valence-electron chi connectivity index (χ4n) is 1.65. The Morgan fingerprint density at radius 1 is 1.42 bits per heavy atom. The average molecular weight is 172 g/mol. The summed E-state index contributed by atoms with van der Waals surface area (Å²) < 4.78 is 5.60. The van der Waals surface area contributed by atoms with Crippen LogP contribution in [0.15, 0.2) is 0 Å². The molecule has 0 saturated carbocycles. The monoisotopic (exact) mass is 172 g/mol. The van der Waals surface area contributed by atoms with E-state index < -0.39 is 0 Å². The van der Waals surface area contributed by atoms with Crippen LogP contribution in [0.1, 0.15) is 39.5 Å². The molecule has 1 fully saturated rings. The van der Waals surface area contributed by atoms with Crippen molar-refractivity contribution < 1.29 is 9.84 Å². The molecule has 12 heavy (non-hydrogen) atoms. The van der Waals surface area contributed by atoms with Gasteiger partial charge in [-0.1, -0.05) is 13.8 Å². The van der Waals surface area contributed by atoms with Gasteiger partial charge >= 0.3 is 0 Å². The lowest BCUT2D eigenvalue weighted by atomic mass is 9.85. The normalized spacial score (nSPS) is 25.8.